The van der Waals surface area contributed by atoms with Gasteiger partial charge in [0.25, 0.3) is 0 Å². The molecular weight excluding hydrogens is 196 g/mol. The molecule has 2 nitrogen and oxygen atoms in total. The van der Waals surface area contributed by atoms with Gasteiger partial charge in [-0.3, -0.25) is 0 Å². The molecule has 1 aromatic rings. The van der Waals surface area contributed by atoms with E-state index in [-0.39, 0.29) is 5.41 Å². The summed E-state index contributed by atoms with van der Waals surface area (Å²) in [5.41, 5.74) is 1.06. The molecule has 0 saturated carbocycles. The van der Waals surface area contributed by atoms with Gasteiger partial charge in [0, 0.05) is 12.1 Å². The second-order valence-electron chi connectivity index (χ2n) is 5.09. The lowest BCUT2D eigenvalue weighted by atomic mass is 9.85. The van der Waals surface area contributed by atoms with Crippen LogP contribution in [0.2, 0.25) is 0 Å². The van der Waals surface area contributed by atoms with Crippen molar-refractivity contribution < 1.29 is 0 Å². The maximum absolute atomic E-state index is 9.12. The highest BCUT2D eigenvalue weighted by atomic mass is 15.0. The van der Waals surface area contributed by atoms with Gasteiger partial charge in [-0.1, -0.05) is 30.3 Å². The standard InChI is InChI=1S/C14H18N2/c1-14(2,10-15)13-9-8-12(16-13)11-6-4-3-5-7-11/h3-7,12-13,16H,8-9H2,1-2H3/t12-,13+/m0/s1. The van der Waals surface area contributed by atoms with Crippen LogP contribution >= 0.6 is 0 Å². The van der Waals surface area contributed by atoms with Crippen molar-refractivity contribution in [2.75, 3.05) is 0 Å². The van der Waals surface area contributed by atoms with Crippen LogP contribution in [0.25, 0.3) is 0 Å². The molecule has 2 heteroatoms. The topological polar surface area (TPSA) is 35.8 Å². The zero-order valence-electron chi connectivity index (χ0n) is 9.90. The normalized spacial score (nSPS) is 25.3. The molecule has 0 spiro atoms. The van der Waals surface area contributed by atoms with Gasteiger partial charge in [0.2, 0.25) is 0 Å². The van der Waals surface area contributed by atoms with E-state index in [1.165, 1.54) is 5.56 Å². The lowest BCUT2D eigenvalue weighted by Crippen LogP contribution is -2.37. The summed E-state index contributed by atoms with van der Waals surface area (Å²) >= 11 is 0. The van der Waals surface area contributed by atoms with Crippen molar-refractivity contribution >= 4 is 0 Å². The monoisotopic (exact) mass is 214 g/mol. The Hall–Kier alpha value is -1.33. The second kappa shape index (κ2) is 4.27. The number of rotatable bonds is 2. The van der Waals surface area contributed by atoms with Crippen molar-refractivity contribution in [1.29, 1.82) is 5.26 Å². The molecule has 1 aliphatic heterocycles. The second-order valence-corrected chi connectivity index (χ2v) is 5.09. The minimum atomic E-state index is -0.274. The Morgan fingerprint density at radius 3 is 2.56 bits per heavy atom. The quantitative estimate of drug-likeness (QED) is 0.821. The predicted octanol–water partition coefficient (Wildman–Crippen LogP) is 3.03. The maximum Gasteiger partial charge on any atom is 0.0700 e. The summed E-state index contributed by atoms with van der Waals surface area (Å²) in [6.07, 6.45) is 2.21. The Balaban J connectivity index is 2.08. The highest BCUT2D eigenvalue weighted by Gasteiger charge is 2.35. The van der Waals surface area contributed by atoms with E-state index in [1.54, 1.807) is 0 Å². The SMILES string of the molecule is CC(C)(C#N)[C@H]1CC[C@@H](c2ccccc2)N1. The van der Waals surface area contributed by atoms with Crippen molar-refractivity contribution in [2.24, 2.45) is 5.41 Å². The summed E-state index contributed by atoms with van der Waals surface area (Å²) in [6.45, 7) is 4.02. The molecule has 84 valence electrons. The summed E-state index contributed by atoms with van der Waals surface area (Å²) in [5, 5.41) is 12.7. The fourth-order valence-corrected chi connectivity index (χ4v) is 2.34. The third kappa shape index (κ3) is 2.10. The van der Waals surface area contributed by atoms with Crippen molar-refractivity contribution in [3.63, 3.8) is 0 Å². The lowest BCUT2D eigenvalue weighted by Gasteiger charge is -2.25. The van der Waals surface area contributed by atoms with Crippen LogP contribution in [-0.2, 0) is 0 Å². The van der Waals surface area contributed by atoms with Crippen LogP contribution in [0.5, 0.6) is 0 Å². The average Bonchev–Trinajstić information content (AvgIpc) is 2.80. The summed E-state index contributed by atoms with van der Waals surface area (Å²) in [5.74, 6) is 0. The minimum absolute atomic E-state index is 0.274. The molecule has 1 aromatic carbocycles. The molecule has 16 heavy (non-hydrogen) atoms. The van der Waals surface area contributed by atoms with Crippen LogP contribution in [0.1, 0.15) is 38.3 Å². The first kappa shape index (κ1) is 11.2. The molecule has 1 heterocycles. The molecule has 0 bridgehead atoms. The van der Waals surface area contributed by atoms with Gasteiger partial charge in [0.15, 0.2) is 0 Å². The van der Waals surface area contributed by atoms with Gasteiger partial charge < -0.3 is 5.32 Å². The summed E-state index contributed by atoms with van der Waals surface area (Å²) in [7, 11) is 0. The van der Waals surface area contributed by atoms with Gasteiger partial charge >= 0.3 is 0 Å². The van der Waals surface area contributed by atoms with E-state index >= 15 is 0 Å². The number of nitrogens with zero attached hydrogens (tertiary/aromatic N) is 1. The van der Waals surface area contributed by atoms with Crippen LogP contribution < -0.4 is 5.32 Å². The number of nitriles is 1. The third-order valence-electron chi connectivity index (χ3n) is 3.51. The number of hydrogen-bond donors (Lipinski definition) is 1. The Morgan fingerprint density at radius 1 is 1.25 bits per heavy atom. The molecule has 0 amide bonds. The molecule has 0 radical (unpaired) electrons. The highest BCUT2D eigenvalue weighted by Crippen LogP contribution is 2.34. The molecule has 1 aliphatic rings. The van der Waals surface area contributed by atoms with Gasteiger partial charge in [-0.15, -0.1) is 0 Å². The number of benzene rings is 1. The van der Waals surface area contributed by atoms with E-state index in [2.05, 4.69) is 35.7 Å². The van der Waals surface area contributed by atoms with Crippen LogP contribution in [-0.4, -0.2) is 6.04 Å². The summed E-state index contributed by atoms with van der Waals surface area (Å²) < 4.78 is 0. The van der Waals surface area contributed by atoms with Crippen LogP contribution in [0.15, 0.2) is 30.3 Å². The minimum Gasteiger partial charge on any atom is -0.306 e. The van der Waals surface area contributed by atoms with Crippen molar-refractivity contribution in [3.05, 3.63) is 35.9 Å². The van der Waals surface area contributed by atoms with Crippen LogP contribution in [0.3, 0.4) is 0 Å². The van der Waals surface area contributed by atoms with E-state index < -0.39 is 0 Å². The summed E-state index contributed by atoms with van der Waals surface area (Å²) in [6, 6.07) is 13.6. The van der Waals surface area contributed by atoms with Gasteiger partial charge in [-0.2, -0.15) is 5.26 Å². The molecule has 1 N–H and O–H groups in total. The molecule has 1 saturated heterocycles. The van der Waals surface area contributed by atoms with E-state index in [0.29, 0.717) is 12.1 Å². The fraction of sp³-hybridized carbons (Fsp3) is 0.500. The largest absolute Gasteiger partial charge is 0.306 e. The van der Waals surface area contributed by atoms with Gasteiger partial charge in [0.05, 0.1) is 11.5 Å². The first-order valence-electron chi connectivity index (χ1n) is 5.86. The van der Waals surface area contributed by atoms with E-state index in [1.807, 2.05) is 19.9 Å². The number of nitrogens with one attached hydrogen (secondary N) is 1. The molecule has 0 aliphatic carbocycles. The highest BCUT2D eigenvalue weighted by molar-refractivity contribution is 5.21. The number of hydrogen-bond acceptors (Lipinski definition) is 2. The average molecular weight is 214 g/mol. The Labute approximate surface area is 97.3 Å². The molecule has 0 unspecified atom stereocenters. The van der Waals surface area contributed by atoms with E-state index in [4.69, 9.17) is 5.26 Å². The smallest absolute Gasteiger partial charge is 0.0700 e. The fourth-order valence-electron chi connectivity index (χ4n) is 2.34. The Bertz CT molecular complexity index is 389. The van der Waals surface area contributed by atoms with Gasteiger partial charge in [0.1, 0.15) is 0 Å². The molecule has 1 fully saturated rings. The Kier molecular flexibility index (Phi) is 2.98. The van der Waals surface area contributed by atoms with Gasteiger partial charge in [-0.05, 0) is 32.3 Å². The zero-order valence-corrected chi connectivity index (χ0v) is 9.90. The Morgan fingerprint density at radius 2 is 1.94 bits per heavy atom. The van der Waals surface area contributed by atoms with Crippen molar-refractivity contribution in [3.8, 4) is 6.07 Å². The lowest BCUT2D eigenvalue weighted by molar-refractivity contribution is 0.341. The molecule has 2 atom stereocenters. The summed E-state index contributed by atoms with van der Waals surface area (Å²) in [4.78, 5) is 0. The maximum atomic E-state index is 9.12. The third-order valence-corrected chi connectivity index (χ3v) is 3.51. The molecule has 2 rings (SSSR count). The van der Waals surface area contributed by atoms with Crippen molar-refractivity contribution in [1.82, 2.24) is 5.32 Å². The van der Waals surface area contributed by atoms with Crippen LogP contribution in [0.4, 0.5) is 0 Å². The first-order chi connectivity index (χ1) is 7.63. The molecular formula is C14H18N2. The van der Waals surface area contributed by atoms with Crippen molar-refractivity contribution in [2.45, 2.75) is 38.8 Å². The van der Waals surface area contributed by atoms with E-state index in [0.717, 1.165) is 12.8 Å². The first-order valence-corrected chi connectivity index (χ1v) is 5.86. The molecule has 0 aromatic heterocycles. The van der Waals surface area contributed by atoms with Gasteiger partial charge in [-0.25, -0.2) is 0 Å². The zero-order chi connectivity index (χ0) is 11.6. The van der Waals surface area contributed by atoms with Crippen LogP contribution in [0, 0.1) is 16.7 Å². The predicted molar refractivity (Wildman–Crippen MR) is 64.7 cm³/mol. The van der Waals surface area contributed by atoms with E-state index in [9.17, 15) is 0 Å².